The average Bonchev–Trinajstić information content (AvgIpc) is 2.19. The highest BCUT2D eigenvalue weighted by atomic mass is 79.9. The van der Waals surface area contributed by atoms with Gasteiger partial charge in [-0.2, -0.15) is 8.78 Å². The van der Waals surface area contributed by atoms with Gasteiger partial charge in [0.15, 0.2) is 11.6 Å². The van der Waals surface area contributed by atoms with Gasteiger partial charge >= 0.3 is 6.11 Å². The molecule has 84 valence electrons. The summed E-state index contributed by atoms with van der Waals surface area (Å²) in [5, 5.41) is 8.26. The second-order valence-corrected chi connectivity index (χ2v) is 3.74. The van der Waals surface area contributed by atoms with E-state index in [4.69, 9.17) is 5.11 Å². The molecule has 0 spiro atoms. The monoisotopic (exact) mass is 284 g/mol. The predicted octanol–water partition coefficient (Wildman–Crippen LogP) is 2.86. The molecule has 0 bridgehead atoms. The fraction of sp³-hybridized carbons (Fsp3) is 0.333. The molecule has 0 unspecified atom stereocenters. The van der Waals surface area contributed by atoms with Crippen molar-refractivity contribution in [1.82, 2.24) is 0 Å². The Hall–Kier alpha value is -0.750. The van der Waals surface area contributed by atoms with Crippen LogP contribution in [0.5, 0.6) is 5.75 Å². The van der Waals surface area contributed by atoms with Crippen LogP contribution in [0, 0.1) is 12.7 Å². The zero-order valence-corrected chi connectivity index (χ0v) is 9.32. The molecular weight excluding hydrogens is 277 g/mol. The fourth-order valence-electron chi connectivity index (χ4n) is 0.909. The molecule has 0 saturated carbocycles. The lowest BCUT2D eigenvalue weighted by molar-refractivity contribution is -0.202. The summed E-state index contributed by atoms with van der Waals surface area (Å²) in [5.41, 5.74) is 0.168. The fourth-order valence-corrected chi connectivity index (χ4v) is 1.21. The first-order valence-corrected chi connectivity index (χ1v) is 4.79. The highest BCUT2D eigenvalue weighted by Crippen LogP contribution is 2.30. The molecular formula is C9H8BrF3O2. The van der Waals surface area contributed by atoms with Crippen molar-refractivity contribution in [2.75, 3.05) is 6.61 Å². The molecule has 6 heteroatoms. The number of aliphatic hydroxyl groups is 1. The van der Waals surface area contributed by atoms with Crippen molar-refractivity contribution >= 4 is 15.9 Å². The van der Waals surface area contributed by atoms with Crippen molar-refractivity contribution in [2.24, 2.45) is 0 Å². The Morgan fingerprint density at radius 3 is 2.60 bits per heavy atom. The minimum atomic E-state index is -3.78. The molecule has 15 heavy (non-hydrogen) atoms. The van der Waals surface area contributed by atoms with E-state index in [1.165, 1.54) is 13.0 Å². The van der Waals surface area contributed by atoms with Gasteiger partial charge in [0.25, 0.3) is 0 Å². The van der Waals surface area contributed by atoms with Crippen LogP contribution in [0.25, 0.3) is 0 Å². The smallest absolute Gasteiger partial charge is 0.421 e. The van der Waals surface area contributed by atoms with E-state index in [1.807, 2.05) is 0 Å². The summed E-state index contributed by atoms with van der Waals surface area (Å²) in [5.74, 6) is -1.47. The van der Waals surface area contributed by atoms with Gasteiger partial charge in [-0.05, 0) is 19.1 Å². The molecule has 0 aliphatic carbocycles. The lowest BCUT2D eigenvalue weighted by atomic mass is 10.2. The molecule has 0 aliphatic heterocycles. The zero-order chi connectivity index (χ0) is 11.6. The number of benzene rings is 1. The summed E-state index contributed by atoms with van der Waals surface area (Å²) in [4.78, 5) is 0. The SMILES string of the molecule is Cc1c(Br)ccc(OC(F)(F)CO)c1F. The Balaban J connectivity index is 3.02. The Morgan fingerprint density at radius 1 is 1.47 bits per heavy atom. The van der Waals surface area contributed by atoms with E-state index in [9.17, 15) is 13.2 Å². The van der Waals surface area contributed by atoms with Crippen molar-refractivity contribution < 1.29 is 23.0 Å². The van der Waals surface area contributed by atoms with E-state index in [2.05, 4.69) is 20.7 Å². The summed E-state index contributed by atoms with van der Waals surface area (Å²) in [6, 6.07) is 2.46. The second-order valence-electron chi connectivity index (χ2n) is 2.88. The summed E-state index contributed by atoms with van der Waals surface area (Å²) in [7, 11) is 0. The minimum Gasteiger partial charge on any atom is -0.428 e. The highest BCUT2D eigenvalue weighted by molar-refractivity contribution is 9.10. The molecule has 1 aromatic rings. The quantitative estimate of drug-likeness (QED) is 0.925. The molecule has 0 saturated heterocycles. The molecule has 0 radical (unpaired) electrons. The van der Waals surface area contributed by atoms with Gasteiger partial charge in [0.2, 0.25) is 0 Å². The Kier molecular flexibility index (Phi) is 3.62. The van der Waals surface area contributed by atoms with Crippen molar-refractivity contribution in [2.45, 2.75) is 13.0 Å². The third-order valence-corrected chi connectivity index (χ3v) is 2.59. The van der Waals surface area contributed by atoms with E-state index < -0.39 is 24.3 Å². The molecule has 1 N–H and O–H groups in total. The first-order valence-electron chi connectivity index (χ1n) is 3.99. The number of alkyl halides is 2. The van der Waals surface area contributed by atoms with Gasteiger partial charge in [-0.25, -0.2) is 4.39 Å². The number of rotatable bonds is 3. The van der Waals surface area contributed by atoms with Crippen LogP contribution < -0.4 is 4.74 Å². The normalized spacial score (nSPS) is 11.6. The third kappa shape index (κ3) is 2.85. The van der Waals surface area contributed by atoms with Crippen molar-refractivity contribution in [1.29, 1.82) is 0 Å². The van der Waals surface area contributed by atoms with E-state index in [0.29, 0.717) is 4.47 Å². The summed E-state index contributed by atoms with van der Waals surface area (Å²) >= 11 is 3.04. The van der Waals surface area contributed by atoms with Gasteiger partial charge in [0.05, 0.1) is 0 Å². The average molecular weight is 285 g/mol. The van der Waals surface area contributed by atoms with Crippen LogP contribution in [0.15, 0.2) is 16.6 Å². The lowest BCUT2D eigenvalue weighted by Gasteiger charge is -2.16. The first kappa shape index (κ1) is 12.3. The van der Waals surface area contributed by atoms with Crippen LogP contribution in [0.4, 0.5) is 13.2 Å². The molecule has 0 aromatic heterocycles. The number of hydrogen-bond donors (Lipinski definition) is 1. The van der Waals surface area contributed by atoms with E-state index in [1.54, 1.807) is 0 Å². The Labute approximate surface area is 92.8 Å². The van der Waals surface area contributed by atoms with Crippen molar-refractivity contribution in [3.8, 4) is 5.75 Å². The molecule has 0 heterocycles. The topological polar surface area (TPSA) is 29.5 Å². The predicted molar refractivity (Wildman–Crippen MR) is 51.5 cm³/mol. The van der Waals surface area contributed by atoms with Crippen LogP contribution in [0.3, 0.4) is 0 Å². The molecule has 1 aromatic carbocycles. The van der Waals surface area contributed by atoms with Gasteiger partial charge in [0, 0.05) is 10.0 Å². The molecule has 0 fully saturated rings. The van der Waals surface area contributed by atoms with Crippen molar-refractivity contribution in [3.05, 3.63) is 28.0 Å². The van der Waals surface area contributed by atoms with Gasteiger partial charge in [-0.3, -0.25) is 0 Å². The number of aliphatic hydroxyl groups excluding tert-OH is 1. The van der Waals surface area contributed by atoms with Crippen LogP contribution in [0.1, 0.15) is 5.56 Å². The summed E-state index contributed by atoms with van der Waals surface area (Å²) < 4.78 is 43.1. The van der Waals surface area contributed by atoms with E-state index in [-0.39, 0.29) is 5.56 Å². The maximum atomic E-state index is 13.4. The van der Waals surface area contributed by atoms with Gasteiger partial charge in [-0.1, -0.05) is 15.9 Å². The van der Waals surface area contributed by atoms with Crippen molar-refractivity contribution in [3.63, 3.8) is 0 Å². The first-order chi connectivity index (χ1) is 6.87. The summed E-state index contributed by atoms with van der Waals surface area (Å²) in [6.07, 6.45) is -3.78. The van der Waals surface area contributed by atoms with Crippen LogP contribution >= 0.6 is 15.9 Å². The maximum Gasteiger partial charge on any atom is 0.421 e. The number of halogens is 4. The Bertz CT molecular complexity index is 369. The molecule has 1 rings (SSSR count). The number of ether oxygens (including phenoxy) is 1. The molecule has 0 aliphatic rings. The van der Waals surface area contributed by atoms with Crippen LogP contribution in [-0.2, 0) is 0 Å². The van der Waals surface area contributed by atoms with Gasteiger partial charge in [-0.15, -0.1) is 0 Å². The van der Waals surface area contributed by atoms with Gasteiger partial charge < -0.3 is 9.84 Å². The zero-order valence-electron chi connectivity index (χ0n) is 7.73. The van der Waals surface area contributed by atoms with Gasteiger partial charge in [0.1, 0.15) is 6.61 Å². The van der Waals surface area contributed by atoms with Crippen LogP contribution in [0.2, 0.25) is 0 Å². The molecule has 0 atom stereocenters. The molecule has 2 nitrogen and oxygen atoms in total. The second kappa shape index (κ2) is 4.40. The van der Waals surface area contributed by atoms with E-state index in [0.717, 1.165) is 6.07 Å². The largest absolute Gasteiger partial charge is 0.428 e. The standard InChI is InChI=1S/C9H8BrF3O2/c1-5-6(10)2-3-7(8(5)11)15-9(12,13)4-14/h2-3,14H,4H2,1H3. The Morgan fingerprint density at radius 2 is 2.07 bits per heavy atom. The highest BCUT2D eigenvalue weighted by Gasteiger charge is 2.31. The maximum absolute atomic E-state index is 13.4. The third-order valence-electron chi connectivity index (χ3n) is 1.73. The minimum absolute atomic E-state index is 0.168. The number of hydrogen-bond acceptors (Lipinski definition) is 2. The van der Waals surface area contributed by atoms with Crippen LogP contribution in [-0.4, -0.2) is 17.8 Å². The lowest BCUT2D eigenvalue weighted by Crippen LogP contribution is -2.29. The molecule has 0 amide bonds. The summed E-state index contributed by atoms with van der Waals surface area (Å²) in [6.45, 7) is -0.0785. The van der Waals surface area contributed by atoms with E-state index >= 15 is 0 Å².